The van der Waals surface area contributed by atoms with E-state index in [0.29, 0.717) is 0 Å². The molecule has 1 rings (SSSR count). The van der Waals surface area contributed by atoms with Crippen LogP contribution in [0.5, 0.6) is 0 Å². The summed E-state index contributed by atoms with van der Waals surface area (Å²) in [6.07, 6.45) is 4.38. The highest BCUT2D eigenvalue weighted by Gasteiger charge is 2.07. The van der Waals surface area contributed by atoms with Crippen LogP contribution in [0.1, 0.15) is 44.7 Å². The summed E-state index contributed by atoms with van der Waals surface area (Å²) in [5, 5.41) is 7.35. The van der Waals surface area contributed by atoms with Gasteiger partial charge in [-0.05, 0) is 42.6 Å². The molecule has 0 aliphatic heterocycles. The lowest BCUT2D eigenvalue weighted by Crippen LogP contribution is -2.30. The average Bonchev–Trinajstić information content (AvgIpc) is 2.39. The van der Waals surface area contributed by atoms with Crippen LogP contribution in [0.4, 0.5) is 5.69 Å². The third kappa shape index (κ3) is 4.30. The van der Waals surface area contributed by atoms with E-state index in [1.54, 1.807) is 0 Å². The second-order valence-corrected chi connectivity index (χ2v) is 4.80. The van der Waals surface area contributed by atoms with E-state index in [0.717, 1.165) is 30.9 Å². The van der Waals surface area contributed by atoms with Crippen LogP contribution in [0.15, 0.2) is 18.2 Å². The molecule has 18 heavy (non-hydrogen) atoms. The normalized spacial score (nSPS) is 10.2. The molecule has 0 saturated carbocycles. The summed E-state index contributed by atoms with van der Waals surface area (Å²) in [7, 11) is 0. The molecule has 0 aliphatic rings. The second kappa shape index (κ2) is 8.09. The summed E-state index contributed by atoms with van der Waals surface area (Å²) in [6, 6.07) is 6.45. The number of hydrogen-bond acceptors (Lipinski definition) is 1. The quantitative estimate of drug-likeness (QED) is 0.602. The van der Waals surface area contributed by atoms with E-state index in [1.165, 1.54) is 23.2 Å². The number of unbranched alkanes of at least 4 members (excludes halogenated alkanes) is 1. The predicted molar refractivity (Wildman–Crippen MR) is 84.3 cm³/mol. The molecule has 1 aromatic carbocycles. The molecule has 0 amide bonds. The number of hydrogen-bond donors (Lipinski definition) is 2. The number of aryl methyl sites for hydroxylation is 2. The van der Waals surface area contributed by atoms with Crippen LogP contribution in [-0.4, -0.2) is 11.7 Å². The number of benzene rings is 1. The van der Waals surface area contributed by atoms with E-state index in [9.17, 15) is 0 Å². The van der Waals surface area contributed by atoms with Gasteiger partial charge in [0.15, 0.2) is 5.11 Å². The van der Waals surface area contributed by atoms with Gasteiger partial charge in [0.1, 0.15) is 0 Å². The Balaban J connectivity index is 2.72. The Hall–Kier alpha value is -1.09. The fourth-order valence-corrected chi connectivity index (χ4v) is 2.14. The first kappa shape index (κ1) is 15.0. The van der Waals surface area contributed by atoms with Gasteiger partial charge in [0, 0.05) is 12.2 Å². The molecule has 0 unspecified atom stereocenters. The van der Waals surface area contributed by atoms with Crippen molar-refractivity contribution in [2.45, 2.75) is 46.5 Å². The molecule has 0 fully saturated rings. The first-order chi connectivity index (χ1) is 8.72. The van der Waals surface area contributed by atoms with Gasteiger partial charge in [-0.15, -0.1) is 0 Å². The molecule has 0 saturated heterocycles. The molecule has 0 aliphatic carbocycles. The fourth-order valence-electron chi connectivity index (χ4n) is 1.94. The molecule has 2 nitrogen and oxygen atoms in total. The van der Waals surface area contributed by atoms with Crippen molar-refractivity contribution in [1.82, 2.24) is 5.32 Å². The number of para-hydroxylation sites is 1. The highest BCUT2D eigenvalue weighted by molar-refractivity contribution is 7.80. The van der Waals surface area contributed by atoms with Gasteiger partial charge >= 0.3 is 0 Å². The van der Waals surface area contributed by atoms with Crippen LogP contribution in [0.3, 0.4) is 0 Å². The molecule has 0 aromatic heterocycles. The molecule has 0 bridgehead atoms. The van der Waals surface area contributed by atoms with Crippen LogP contribution >= 0.6 is 12.2 Å². The monoisotopic (exact) mass is 264 g/mol. The molecule has 0 atom stereocenters. The summed E-state index contributed by atoms with van der Waals surface area (Å²) in [4.78, 5) is 0. The lowest BCUT2D eigenvalue weighted by atomic mass is 10.0. The fraction of sp³-hybridized carbons (Fsp3) is 0.533. The number of anilines is 1. The molecule has 0 radical (unpaired) electrons. The first-order valence-corrected chi connectivity index (χ1v) is 7.29. The molecule has 2 N–H and O–H groups in total. The van der Waals surface area contributed by atoms with E-state index >= 15 is 0 Å². The third-order valence-corrected chi connectivity index (χ3v) is 3.30. The predicted octanol–water partition coefficient (Wildman–Crippen LogP) is 3.90. The largest absolute Gasteiger partial charge is 0.362 e. The van der Waals surface area contributed by atoms with Crippen LogP contribution in [0.2, 0.25) is 0 Å². The minimum absolute atomic E-state index is 0.735. The van der Waals surface area contributed by atoms with E-state index in [-0.39, 0.29) is 0 Å². The zero-order valence-electron chi connectivity index (χ0n) is 11.7. The zero-order chi connectivity index (χ0) is 13.4. The summed E-state index contributed by atoms with van der Waals surface area (Å²) in [5.74, 6) is 0. The minimum atomic E-state index is 0.735. The Morgan fingerprint density at radius 3 is 2.22 bits per heavy atom. The Morgan fingerprint density at radius 1 is 1.11 bits per heavy atom. The maximum absolute atomic E-state index is 5.34. The van der Waals surface area contributed by atoms with Gasteiger partial charge in [0.25, 0.3) is 0 Å². The molecule has 0 spiro atoms. The summed E-state index contributed by atoms with van der Waals surface area (Å²) >= 11 is 5.34. The van der Waals surface area contributed by atoms with E-state index < -0.39 is 0 Å². The summed E-state index contributed by atoms with van der Waals surface area (Å²) in [5.41, 5.74) is 3.85. The minimum Gasteiger partial charge on any atom is -0.362 e. The van der Waals surface area contributed by atoms with Gasteiger partial charge in [0.05, 0.1) is 0 Å². The van der Waals surface area contributed by atoms with Gasteiger partial charge in [-0.2, -0.15) is 0 Å². The second-order valence-electron chi connectivity index (χ2n) is 4.39. The van der Waals surface area contributed by atoms with Crippen molar-refractivity contribution in [1.29, 1.82) is 0 Å². The van der Waals surface area contributed by atoms with Crippen LogP contribution < -0.4 is 10.6 Å². The maximum atomic E-state index is 5.34. The van der Waals surface area contributed by atoms with Crippen LogP contribution in [-0.2, 0) is 12.8 Å². The summed E-state index contributed by atoms with van der Waals surface area (Å²) < 4.78 is 0. The van der Waals surface area contributed by atoms with Gasteiger partial charge in [0.2, 0.25) is 0 Å². The molecular weight excluding hydrogens is 240 g/mol. The molecule has 1 aromatic rings. The number of thiocarbonyl (C=S) groups is 1. The van der Waals surface area contributed by atoms with Crippen molar-refractivity contribution in [3.63, 3.8) is 0 Å². The molecular formula is C15H24N2S. The van der Waals surface area contributed by atoms with E-state index in [1.807, 2.05) is 0 Å². The average molecular weight is 264 g/mol. The Kier molecular flexibility index (Phi) is 6.73. The van der Waals surface area contributed by atoms with E-state index in [2.05, 4.69) is 49.6 Å². The highest BCUT2D eigenvalue weighted by Crippen LogP contribution is 2.22. The number of rotatable bonds is 6. The third-order valence-electron chi connectivity index (χ3n) is 3.05. The van der Waals surface area contributed by atoms with Crippen molar-refractivity contribution in [2.75, 3.05) is 11.9 Å². The van der Waals surface area contributed by atoms with Crippen molar-refractivity contribution in [3.05, 3.63) is 29.3 Å². The standard InChI is InChI=1S/C15H24N2S/c1-4-7-11-16-15(18)17-14-12(5-2)9-8-10-13(14)6-3/h8-10H,4-7,11H2,1-3H3,(H2,16,17,18). The Morgan fingerprint density at radius 2 is 1.72 bits per heavy atom. The highest BCUT2D eigenvalue weighted by atomic mass is 32.1. The Bertz CT molecular complexity index is 366. The van der Waals surface area contributed by atoms with Gasteiger partial charge in [-0.3, -0.25) is 0 Å². The molecule has 100 valence electrons. The lowest BCUT2D eigenvalue weighted by molar-refractivity contribution is 0.758. The van der Waals surface area contributed by atoms with Crippen LogP contribution in [0.25, 0.3) is 0 Å². The van der Waals surface area contributed by atoms with Gasteiger partial charge < -0.3 is 10.6 Å². The summed E-state index contributed by atoms with van der Waals surface area (Å²) in [6.45, 7) is 7.47. The smallest absolute Gasteiger partial charge is 0.170 e. The zero-order valence-corrected chi connectivity index (χ0v) is 12.5. The van der Waals surface area contributed by atoms with Crippen molar-refractivity contribution in [2.24, 2.45) is 0 Å². The van der Waals surface area contributed by atoms with Crippen LogP contribution in [0, 0.1) is 0 Å². The SMILES string of the molecule is CCCCNC(=S)Nc1c(CC)cccc1CC. The lowest BCUT2D eigenvalue weighted by Gasteiger charge is -2.16. The van der Waals surface area contributed by atoms with Crippen molar-refractivity contribution >= 4 is 23.0 Å². The van der Waals surface area contributed by atoms with E-state index in [4.69, 9.17) is 12.2 Å². The van der Waals surface area contributed by atoms with Gasteiger partial charge in [-0.1, -0.05) is 45.4 Å². The first-order valence-electron chi connectivity index (χ1n) is 6.88. The van der Waals surface area contributed by atoms with Gasteiger partial charge in [-0.25, -0.2) is 0 Å². The topological polar surface area (TPSA) is 24.1 Å². The van der Waals surface area contributed by atoms with Crippen molar-refractivity contribution in [3.8, 4) is 0 Å². The molecule has 3 heteroatoms. The maximum Gasteiger partial charge on any atom is 0.170 e. The molecule has 0 heterocycles. The van der Waals surface area contributed by atoms with Crippen molar-refractivity contribution < 1.29 is 0 Å². The number of nitrogens with one attached hydrogen (secondary N) is 2. The Labute approximate surface area is 116 Å².